The Kier molecular flexibility index (Phi) is 4.31. The number of carbonyl (C=O) groups is 1. The number of hydrogen-bond acceptors (Lipinski definition) is 3. The average molecular weight is 210 g/mol. The predicted octanol–water partition coefficient (Wildman–Crippen LogP) is -0.851. The van der Waals surface area contributed by atoms with Crippen LogP contribution in [-0.4, -0.2) is 32.6 Å². The van der Waals surface area contributed by atoms with Gasteiger partial charge in [-0.05, 0) is 5.92 Å². The zero-order chi connectivity index (χ0) is 10.6. The third-order valence-electron chi connectivity index (χ3n) is 1.48. The number of rotatable bonds is 5. The molecule has 0 saturated carbocycles. The van der Waals surface area contributed by atoms with Crippen molar-refractivity contribution in [1.29, 1.82) is 0 Å². The van der Waals surface area contributed by atoms with E-state index in [1.54, 1.807) is 13.8 Å². The molecule has 13 heavy (non-hydrogen) atoms. The van der Waals surface area contributed by atoms with E-state index in [0.29, 0.717) is 0 Å². The second kappa shape index (κ2) is 4.54. The Hall–Kier alpha value is -0.660. The number of aliphatic carboxylic acids is 1. The van der Waals surface area contributed by atoms with Gasteiger partial charge in [0.1, 0.15) is 6.04 Å². The molecule has 0 radical (unpaired) electrons. The van der Waals surface area contributed by atoms with Crippen molar-refractivity contribution in [2.45, 2.75) is 19.9 Å². The fraction of sp³-hybridized carbons (Fsp3) is 0.833. The maximum atomic E-state index is 10.9. The molecule has 0 amide bonds. The third-order valence-corrected chi connectivity index (χ3v) is 2.59. The third kappa shape index (κ3) is 4.20. The Morgan fingerprint density at radius 3 is 2.08 bits per heavy atom. The van der Waals surface area contributed by atoms with Crippen molar-refractivity contribution in [2.75, 3.05) is 7.05 Å². The summed E-state index contributed by atoms with van der Waals surface area (Å²) in [4.78, 5) is 10.6. The van der Waals surface area contributed by atoms with Gasteiger partial charge in [-0.15, -0.1) is 0 Å². The van der Waals surface area contributed by atoms with Crippen LogP contribution in [0.2, 0.25) is 0 Å². The van der Waals surface area contributed by atoms with Gasteiger partial charge in [0, 0.05) is 7.05 Å². The molecule has 6 nitrogen and oxygen atoms in total. The maximum absolute atomic E-state index is 10.9. The Balaban J connectivity index is 4.54. The summed E-state index contributed by atoms with van der Waals surface area (Å²) in [6.07, 6.45) is 0. The normalized spacial score (nSPS) is 14.5. The van der Waals surface area contributed by atoms with Crippen molar-refractivity contribution in [3.05, 3.63) is 0 Å². The van der Waals surface area contributed by atoms with E-state index in [-0.39, 0.29) is 5.92 Å². The molecule has 0 aliphatic heterocycles. The standard InChI is InChI=1S/C6H14N2O4S/c1-4(2)5(6(9)10)8-13(11,12)7-3/h4-5,7-8H,1-3H3,(H,9,10)/t5-/m1/s1. The summed E-state index contributed by atoms with van der Waals surface area (Å²) in [5.41, 5.74) is 0. The molecule has 0 aliphatic rings. The number of carboxylic acids is 1. The minimum absolute atomic E-state index is 0.305. The molecule has 7 heteroatoms. The van der Waals surface area contributed by atoms with Gasteiger partial charge in [0.25, 0.3) is 10.2 Å². The van der Waals surface area contributed by atoms with E-state index in [9.17, 15) is 13.2 Å². The first-order chi connectivity index (χ1) is 5.80. The minimum atomic E-state index is -3.69. The zero-order valence-electron chi connectivity index (χ0n) is 7.73. The molecule has 78 valence electrons. The van der Waals surface area contributed by atoms with Gasteiger partial charge < -0.3 is 5.11 Å². The molecule has 0 aliphatic carbocycles. The Morgan fingerprint density at radius 1 is 1.38 bits per heavy atom. The van der Waals surface area contributed by atoms with Gasteiger partial charge in [-0.2, -0.15) is 13.1 Å². The van der Waals surface area contributed by atoms with Gasteiger partial charge in [0.05, 0.1) is 0 Å². The van der Waals surface area contributed by atoms with Crippen LogP contribution < -0.4 is 9.44 Å². The summed E-state index contributed by atoms with van der Waals surface area (Å²) in [6.45, 7) is 3.24. The maximum Gasteiger partial charge on any atom is 0.322 e. The largest absolute Gasteiger partial charge is 0.480 e. The van der Waals surface area contributed by atoms with Crippen LogP contribution >= 0.6 is 0 Å². The first-order valence-corrected chi connectivity index (χ1v) is 5.22. The van der Waals surface area contributed by atoms with Crippen molar-refractivity contribution >= 4 is 16.2 Å². The highest BCUT2D eigenvalue weighted by atomic mass is 32.2. The molecule has 0 spiro atoms. The predicted molar refractivity (Wildman–Crippen MR) is 47.4 cm³/mol. The zero-order valence-corrected chi connectivity index (χ0v) is 8.55. The van der Waals surface area contributed by atoms with Crippen LogP contribution in [0.3, 0.4) is 0 Å². The molecule has 1 atom stereocenters. The van der Waals surface area contributed by atoms with Gasteiger partial charge in [-0.1, -0.05) is 13.8 Å². The first-order valence-electron chi connectivity index (χ1n) is 3.73. The molecule has 0 saturated heterocycles. The van der Waals surface area contributed by atoms with Crippen LogP contribution in [0.25, 0.3) is 0 Å². The van der Waals surface area contributed by atoms with Crippen LogP contribution in [0.5, 0.6) is 0 Å². The molecule has 0 aromatic carbocycles. The van der Waals surface area contributed by atoms with Crippen molar-refractivity contribution < 1.29 is 18.3 Å². The second-order valence-corrected chi connectivity index (χ2v) is 4.54. The summed E-state index contributed by atoms with van der Waals surface area (Å²) >= 11 is 0. The summed E-state index contributed by atoms with van der Waals surface area (Å²) in [5.74, 6) is -1.49. The Morgan fingerprint density at radius 2 is 1.85 bits per heavy atom. The van der Waals surface area contributed by atoms with Gasteiger partial charge in [-0.25, -0.2) is 4.72 Å². The lowest BCUT2D eigenvalue weighted by Crippen LogP contribution is -2.48. The smallest absolute Gasteiger partial charge is 0.322 e. The fourth-order valence-electron chi connectivity index (χ4n) is 0.698. The number of nitrogens with one attached hydrogen (secondary N) is 2. The first kappa shape index (κ1) is 12.3. The molecule has 0 aromatic rings. The van der Waals surface area contributed by atoms with E-state index in [1.807, 2.05) is 9.44 Å². The van der Waals surface area contributed by atoms with E-state index >= 15 is 0 Å². The minimum Gasteiger partial charge on any atom is -0.480 e. The highest BCUT2D eigenvalue weighted by molar-refractivity contribution is 7.87. The summed E-state index contributed by atoms with van der Waals surface area (Å²) in [5, 5.41) is 8.65. The van der Waals surface area contributed by atoms with Crippen LogP contribution in [0.1, 0.15) is 13.8 Å². The van der Waals surface area contributed by atoms with E-state index in [0.717, 1.165) is 0 Å². The fourth-order valence-corrected chi connectivity index (χ4v) is 1.52. The lowest BCUT2D eigenvalue weighted by atomic mass is 10.1. The molecule has 0 heterocycles. The lowest BCUT2D eigenvalue weighted by Gasteiger charge is -2.16. The highest BCUT2D eigenvalue weighted by Gasteiger charge is 2.25. The van der Waals surface area contributed by atoms with Gasteiger partial charge in [0.15, 0.2) is 0 Å². The molecule has 3 N–H and O–H groups in total. The summed E-state index contributed by atoms with van der Waals surface area (Å²) < 4.78 is 25.8. The quantitative estimate of drug-likeness (QED) is 0.550. The molecule has 0 bridgehead atoms. The van der Waals surface area contributed by atoms with Crippen LogP contribution in [0, 0.1) is 5.92 Å². The molecular formula is C6H14N2O4S. The van der Waals surface area contributed by atoms with Gasteiger partial charge >= 0.3 is 5.97 Å². The van der Waals surface area contributed by atoms with Crippen LogP contribution in [0.15, 0.2) is 0 Å². The number of hydrogen-bond donors (Lipinski definition) is 3. The molecule has 0 fully saturated rings. The second-order valence-electron chi connectivity index (χ2n) is 2.89. The van der Waals surface area contributed by atoms with E-state index in [1.165, 1.54) is 7.05 Å². The van der Waals surface area contributed by atoms with Crippen molar-refractivity contribution in [2.24, 2.45) is 5.92 Å². The van der Waals surface area contributed by atoms with Crippen molar-refractivity contribution in [3.8, 4) is 0 Å². The Labute approximate surface area is 77.5 Å². The summed E-state index contributed by atoms with van der Waals surface area (Å²) in [6, 6.07) is -1.10. The van der Waals surface area contributed by atoms with Crippen LogP contribution in [0.4, 0.5) is 0 Å². The highest BCUT2D eigenvalue weighted by Crippen LogP contribution is 2.02. The lowest BCUT2D eigenvalue weighted by molar-refractivity contribution is -0.140. The SMILES string of the molecule is CNS(=O)(=O)N[C@@H](C(=O)O)C(C)C. The average Bonchev–Trinajstić information content (AvgIpc) is 1.99. The van der Waals surface area contributed by atoms with Crippen molar-refractivity contribution in [3.63, 3.8) is 0 Å². The van der Waals surface area contributed by atoms with Crippen LogP contribution in [-0.2, 0) is 15.0 Å². The topological polar surface area (TPSA) is 95.5 Å². The van der Waals surface area contributed by atoms with Gasteiger partial charge in [0.2, 0.25) is 0 Å². The Bertz CT molecular complexity index is 272. The summed E-state index contributed by atoms with van der Waals surface area (Å²) in [7, 11) is -2.48. The van der Waals surface area contributed by atoms with E-state index < -0.39 is 22.2 Å². The molecule has 0 unspecified atom stereocenters. The van der Waals surface area contributed by atoms with E-state index in [2.05, 4.69) is 0 Å². The molecule has 0 aromatic heterocycles. The molecular weight excluding hydrogens is 196 g/mol. The van der Waals surface area contributed by atoms with E-state index in [4.69, 9.17) is 5.11 Å². The monoisotopic (exact) mass is 210 g/mol. The van der Waals surface area contributed by atoms with Crippen molar-refractivity contribution in [1.82, 2.24) is 9.44 Å². The molecule has 0 rings (SSSR count). The number of carboxylic acid groups (broad SMARTS) is 1. The van der Waals surface area contributed by atoms with Gasteiger partial charge in [-0.3, -0.25) is 4.79 Å².